The summed E-state index contributed by atoms with van der Waals surface area (Å²) >= 11 is 0. The quantitative estimate of drug-likeness (QED) is 0.592. The first-order valence-electron chi connectivity index (χ1n) is 5.08. The van der Waals surface area contributed by atoms with Crippen LogP contribution in [0.4, 0.5) is 5.69 Å². The molecule has 3 nitrogen and oxygen atoms in total. The second-order valence-electron chi connectivity index (χ2n) is 4.03. The number of carbonyl (C=O) groups excluding carboxylic acids is 1. The summed E-state index contributed by atoms with van der Waals surface area (Å²) < 4.78 is 4.73. The van der Waals surface area contributed by atoms with Gasteiger partial charge in [-0.1, -0.05) is 12.1 Å². The van der Waals surface area contributed by atoms with Crippen LogP contribution in [0.1, 0.15) is 23.5 Å². The van der Waals surface area contributed by atoms with Gasteiger partial charge in [0.25, 0.3) is 0 Å². The molecule has 0 amide bonds. The summed E-state index contributed by atoms with van der Waals surface area (Å²) in [7, 11) is 1.43. The molecule has 0 aliphatic heterocycles. The molecule has 1 fully saturated rings. The highest BCUT2D eigenvalue weighted by Crippen LogP contribution is 2.49. The maximum Gasteiger partial charge on any atom is 0.309 e. The average molecular weight is 205 g/mol. The smallest absolute Gasteiger partial charge is 0.309 e. The molecular formula is C12H15NO2. The van der Waals surface area contributed by atoms with Gasteiger partial charge in [-0.2, -0.15) is 0 Å². The molecule has 1 aliphatic carbocycles. The summed E-state index contributed by atoms with van der Waals surface area (Å²) in [6.45, 7) is 2.00. The number of esters is 1. The van der Waals surface area contributed by atoms with Crippen molar-refractivity contribution in [2.75, 3.05) is 12.8 Å². The number of anilines is 1. The van der Waals surface area contributed by atoms with E-state index >= 15 is 0 Å². The molecule has 15 heavy (non-hydrogen) atoms. The predicted octanol–water partition coefficient (Wildman–Crippen LogP) is 1.85. The Bertz CT molecular complexity index is 401. The van der Waals surface area contributed by atoms with Gasteiger partial charge >= 0.3 is 5.97 Å². The first-order valence-corrected chi connectivity index (χ1v) is 5.08. The van der Waals surface area contributed by atoms with Gasteiger partial charge in [-0.15, -0.1) is 0 Å². The Morgan fingerprint density at radius 2 is 2.27 bits per heavy atom. The lowest BCUT2D eigenvalue weighted by Gasteiger charge is -2.07. The lowest BCUT2D eigenvalue weighted by atomic mass is 10.0. The molecule has 1 aromatic carbocycles. The van der Waals surface area contributed by atoms with Gasteiger partial charge in [0.2, 0.25) is 0 Å². The van der Waals surface area contributed by atoms with E-state index in [0.29, 0.717) is 5.92 Å². The number of rotatable bonds is 2. The fraction of sp³-hybridized carbons (Fsp3) is 0.417. The van der Waals surface area contributed by atoms with Gasteiger partial charge < -0.3 is 10.5 Å². The molecule has 0 saturated heterocycles. The molecule has 1 aliphatic rings. The standard InChI is InChI=1S/C12H15NO2/c1-7-8(4-3-5-11(7)13)9-6-10(9)12(14)15-2/h3-5,9-10H,6,13H2,1-2H3/t9-,10+/m1/s1. The largest absolute Gasteiger partial charge is 0.469 e. The van der Waals surface area contributed by atoms with Crippen LogP contribution in [0.15, 0.2) is 18.2 Å². The highest BCUT2D eigenvalue weighted by Gasteiger charge is 2.45. The molecule has 1 aromatic rings. The summed E-state index contributed by atoms with van der Waals surface area (Å²) in [5.74, 6) is 0.235. The molecule has 1 saturated carbocycles. The Labute approximate surface area is 89.2 Å². The minimum Gasteiger partial charge on any atom is -0.469 e. The van der Waals surface area contributed by atoms with Gasteiger partial charge in [0.05, 0.1) is 13.0 Å². The first-order chi connectivity index (χ1) is 7.15. The number of nitrogen functional groups attached to an aromatic ring is 1. The van der Waals surface area contributed by atoms with Crippen molar-refractivity contribution in [2.45, 2.75) is 19.3 Å². The summed E-state index contributed by atoms with van der Waals surface area (Å²) in [6.07, 6.45) is 0.886. The molecule has 2 atom stereocenters. The fourth-order valence-corrected chi connectivity index (χ4v) is 2.02. The molecule has 3 heteroatoms. The molecule has 0 aromatic heterocycles. The van der Waals surface area contributed by atoms with E-state index < -0.39 is 0 Å². The van der Waals surface area contributed by atoms with Crippen LogP contribution in [0.25, 0.3) is 0 Å². The number of hydrogen-bond donors (Lipinski definition) is 1. The number of carbonyl (C=O) groups is 1. The molecule has 0 spiro atoms. The van der Waals surface area contributed by atoms with Gasteiger partial charge in [0.1, 0.15) is 0 Å². The van der Waals surface area contributed by atoms with Crippen molar-refractivity contribution in [1.82, 2.24) is 0 Å². The molecule has 2 rings (SSSR count). The van der Waals surface area contributed by atoms with Crippen LogP contribution in [0, 0.1) is 12.8 Å². The minimum atomic E-state index is -0.109. The zero-order valence-corrected chi connectivity index (χ0v) is 8.99. The van der Waals surface area contributed by atoms with Gasteiger partial charge in [-0.3, -0.25) is 4.79 Å². The van der Waals surface area contributed by atoms with Crippen LogP contribution in [0.5, 0.6) is 0 Å². The highest BCUT2D eigenvalue weighted by atomic mass is 16.5. The highest BCUT2D eigenvalue weighted by molar-refractivity contribution is 5.77. The van der Waals surface area contributed by atoms with Crippen molar-refractivity contribution < 1.29 is 9.53 Å². The second-order valence-corrected chi connectivity index (χ2v) is 4.03. The molecule has 2 N–H and O–H groups in total. The number of methoxy groups -OCH3 is 1. The van der Waals surface area contributed by atoms with Crippen molar-refractivity contribution in [1.29, 1.82) is 0 Å². The zero-order chi connectivity index (χ0) is 11.0. The monoisotopic (exact) mass is 205 g/mol. The van der Waals surface area contributed by atoms with Crippen LogP contribution in [0.3, 0.4) is 0 Å². The van der Waals surface area contributed by atoms with Crippen molar-refractivity contribution >= 4 is 11.7 Å². The molecule has 80 valence electrons. The van der Waals surface area contributed by atoms with Crippen LogP contribution < -0.4 is 5.73 Å². The van der Waals surface area contributed by atoms with E-state index in [0.717, 1.165) is 17.7 Å². The van der Waals surface area contributed by atoms with Crippen molar-refractivity contribution in [3.63, 3.8) is 0 Å². The van der Waals surface area contributed by atoms with E-state index in [4.69, 9.17) is 10.5 Å². The Morgan fingerprint density at radius 1 is 1.53 bits per heavy atom. The topological polar surface area (TPSA) is 52.3 Å². The number of nitrogens with two attached hydrogens (primary N) is 1. The van der Waals surface area contributed by atoms with E-state index in [1.165, 1.54) is 12.7 Å². The van der Waals surface area contributed by atoms with E-state index in [-0.39, 0.29) is 11.9 Å². The number of ether oxygens (including phenoxy) is 1. The maximum absolute atomic E-state index is 11.3. The van der Waals surface area contributed by atoms with Gasteiger partial charge in [0.15, 0.2) is 0 Å². The molecule has 0 heterocycles. The molecular weight excluding hydrogens is 190 g/mol. The van der Waals surface area contributed by atoms with Crippen molar-refractivity contribution in [2.24, 2.45) is 5.92 Å². The molecule has 0 bridgehead atoms. The summed E-state index contributed by atoms with van der Waals surface area (Å²) in [4.78, 5) is 11.3. The van der Waals surface area contributed by atoms with Crippen LogP contribution in [0.2, 0.25) is 0 Å². The predicted molar refractivity (Wildman–Crippen MR) is 58.5 cm³/mol. The number of hydrogen-bond acceptors (Lipinski definition) is 3. The van der Waals surface area contributed by atoms with Crippen LogP contribution in [-0.2, 0) is 9.53 Å². The van der Waals surface area contributed by atoms with Crippen molar-refractivity contribution in [3.8, 4) is 0 Å². The zero-order valence-electron chi connectivity index (χ0n) is 8.99. The van der Waals surface area contributed by atoms with Gasteiger partial charge in [-0.05, 0) is 36.5 Å². The fourth-order valence-electron chi connectivity index (χ4n) is 2.02. The van der Waals surface area contributed by atoms with E-state index in [1.54, 1.807) is 0 Å². The van der Waals surface area contributed by atoms with Crippen molar-refractivity contribution in [3.05, 3.63) is 29.3 Å². The van der Waals surface area contributed by atoms with Gasteiger partial charge in [-0.25, -0.2) is 0 Å². The summed E-state index contributed by atoms with van der Waals surface area (Å²) in [6, 6.07) is 5.86. The Morgan fingerprint density at radius 3 is 2.93 bits per heavy atom. The third kappa shape index (κ3) is 1.69. The Balaban J connectivity index is 2.20. The van der Waals surface area contributed by atoms with E-state index in [9.17, 15) is 4.79 Å². The number of benzene rings is 1. The van der Waals surface area contributed by atoms with E-state index in [2.05, 4.69) is 0 Å². The summed E-state index contributed by atoms with van der Waals surface area (Å²) in [5, 5.41) is 0. The Kier molecular flexibility index (Phi) is 2.39. The lowest BCUT2D eigenvalue weighted by molar-refractivity contribution is -0.142. The third-order valence-electron chi connectivity index (χ3n) is 3.11. The second kappa shape index (κ2) is 3.57. The minimum absolute atomic E-state index is 0.0375. The van der Waals surface area contributed by atoms with E-state index in [1.807, 2.05) is 25.1 Å². The average Bonchev–Trinajstić information content (AvgIpc) is 3.01. The summed E-state index contributed by atoms with van der Waals surface area (Å²) in [5.41, 5.74) is 8.90. The normalized spacial score (nSPS) is 23.6. The van der Waals surface area contributed by atoms with Gasteiger partial charge in [0, 0.05) is 5.69 Å². The maximum atomic E-state index is 11.3. The van der Waals surface area contributed by atoms with Crippen LogP contribution in [-0.4, -0.2) is 13.1 Å². The third-order valence-corrected chi connectivity index (χ3v) is 3.11. The molecule has 0 radical (unpaired) electrons. The Hall–Kier alpha value is -1.51. The first kappa shape index (κ1) is 10.0. The van der Waals surface area contributed by atoms with Crippen LogP contribution >= 0.6 is 0 Å². The lowest BCUT2D eigenvalue weighted by Crippen LogP contribution is -2.04. The SMILES string of the molecule is COC(=O)[C@H]1C[C@@H]1c1cccc(N)c1C. The molecule has 0 unspecified atom stereocenters.